The molecule has 1 saturated heterocycles. The summed E-state index contributed by atoms with van der Waals surface area (Å²) in [5.41, 5.74) is 0.525. The highest BCUT2D eigenvalue weighted by Crippen LogP contribution is 2.33. The van der Waals surface area contributed by atoms with Crippen LogP contribution in [0.15, 0.2) is 22.8 Å². The monoisotopic (exact) mass is 289 g/mol. The fraction of sp³-hybridized carbons (Fsp3) is 0.500. The van der Waals surface area contributed by atoms with Crippen molar-refractivity contribution >= 4 is 15.9 Å². The molecule has 1 aliphatic heterocycles. The predicted octanol–water partition coefficient (Wildman–Crippen LogP) is -0.00190. The second kappa shape index (κ2) is 4.77. The number of pyridine rings is 1. The quantitative estimate of drug-likeness (QED) is 0.714. The first-order valence-corrected chi connectivity index (χ1v) is 5.66. The minimum Gasteiger partial charge on any atom is -0.394 e. The number of hydrogen-bond donors (Lipinski definition) is 3. The molecule has 5 nitrogen and oxygen atoms in total. The topological polar surface area (TPSA) is 82.8 Å². The molecule has 0 aliphatic carbocycles. The van der Waals surface area contributed by atoms with E-state index < -0.39 is 24.4 Å². The maximum atomic E-state index is 9.76. The van der Waals surface area contributed by atoms with Gasteiger partial charge in [-0.15, -0.1) is 0 Å². The van der Waals surface area contributed by atoms with Crippen LogP contribution >= 0.6 is 15.9 Å². The Hall–Kier alpha value is -0.530. The van der Waals surface area contributed by atoms with Crippen LogP contribution in [0.25, 0.3) is 0 Å². The standard InChI is InChI=1S/C10H12BrNO4/c11-5-1-2-12-6(3-5)10-9(15)8(14)7(4-13)16-10/h1-3,7-10,13-15H,4H2/t7-,8-,9-,10-/m1/s1. The molecule has 16 heavy (non-hydrogen) atoms. The van der Waals surface area contributed by atoms with Gasteiger partial charge in [-0.05, 0) is 12.1 Å². The number of aliphatic hydroxyl groups is 3. The van der Waals surface area contributed by atoms with Crippen molar-refractivity contribution < 1.29 is 20.1 Å². The molecular weight excluding hydrogens is 278 g/mol. The first-order chi connectivity index (χ1) is 7.63. The summed E-state index contributed by atoms with van der Waals surface area (Å²) in [7, 11) is 0. The molecule has 0 unspecified atom stereocenters. The van der Waals surface area contributed by atoms with Crippen molar-refractivity contribution in [3.05, 3.63) is 28.5 Å². The molecule has 0 radical (unpaired) electrons. The number of aromatic nitrogens is 1. The van der Waals surface area contributed by atoms with Crippen molar-refractivity contribution in [3.8, 4) is 0 Å². The van der Waals surface area contributed by atoms with Crippen LogP contribution in [-0.4, -0.2) is 45.2 Å². The minimum atomic E-state index is -1.09. The molecule has 6 heteroatoms. The summed E-state index contributed by atoms with van der Waals surface area (Å²) < 4.78 is 6.16. The van der Waals surface area contributed by atoms with Crippen molar-refractivity contribution in [2.45, 2.75) is 24.4 Å². The van der Waals surface area contributed by atoms with Gasteiger partial charge in [-0.25, -0.2) is 0 Å². The van der Waals surface area contributed by atoms with Crippen LogP contribution in [0.5, 0.6) is 0 Å². The molecule has 1 fully saturated rings. The molecule has 4 atom stereocenters. The molecule has 1 aromatic rings. The lowest BCUT2D eigenvalue weighted by Crippen LogP contribution is -2.32. The molecular formula is C10H12BrNO4. The third-order valence-electron chi connectivity index (χ3n) is 2.58. The molecule has 0 saturated carbocycles. The average molecular weight is 290 g/mol. The maximum Gasteiger partial charge on any atom is 0.128 e. The maximum absolute atomic E-state index is 9.76. The SMILES string of the molecule is OC[C@H]1O[C@H](c2cc(Br)ccn2)[C@H](O)[C@@H]1O. The molecule has 0 bridgehead atoms. The van der Waals surface area contributed by atoms with E-state index in [1.807, 2.05) is 0 Å². The highest BCUT2D eigenvalue weighted by atomic mass is 79.9. The van der Waals surface area contributed by atoms with E-state index in [1.165, 1.54) is 0 Å². The number of ether oxygens (including phenoxy) is 1. The summed E-state index contributed by atoms with van der Waals surface area (Å²) >= 11 is 3.29. The van der Waals surface area contributed by atoms with E-state index in [-0.39, 0.29) is 6.61 Å². The molecule has 2 heterocycles. The average Bonchev–Trinajstić information content (AvgIpc) is 2.56. The first-order valence-electron chi connectivity index (χ1n) is 4.87. The lowest BCUT2D eigenvalue weighted by Gasteiger charge is -2.13. The number of halogens is 1. The van der Waals surface area contributed by atoms with Crippen LogP contribution in [0.1, 0.15) is 11.8 Å². The van der Waals surface area contributed by atoms with Gasteiger partial charge in [0.2, 0.25) is 0 Å². The molecule has 88 valence electrons. The summed E-state index contributed by atoms with van der Waals surface area (Å²) in [6.07, 6.45) is -2.05. The Morgan fingerprint density at radius 2 is 2.12 bits per heavy atom. The van der Waals surface area contributed by atoms with Gasteiger partial charge >= 0.3 is 0 Å². The lowest BCUT2D eigenvalue weighted by atomic mass is 10.1. The van der Waals surface area contributed by atoms with Gasteiger partial charge in [0.05, 0.1) is 12.3 Å². The number of rotatable bonds is 2. The van der Waals surface area contributed by atoms with Crippen molar-refractivity contribution in [3.63, 3.8) is 0 Å². The Morgan fingerprint density at radius 3 is 2.69 bits per heavy atom. The molecule has 0 spiro atoms. The van der Waals surface area contributed by atoms with Crippen molar-refractivity contribution in [2.75, 3.05) is 6.61 Å². The first kappa shape index (κ1) is 11.9. The van der Waals surface area contributed by atoms with Crippen LogP contribution in [0.2, 0.25) is 0 Å². The highest BCUT2D eigenvalue weighted by molar-refractivity contribution is 9.10. The largest absolute Gasteiger partial charge is 0.394 e. The van der Waals surface area contributed by atoms with Gasteiger partial charge in [0.25, 0.3) is 0 Å². The Kier molecular flexibility index (Phi) is 3.56. The predicted molar refractivity (Wildman–Crippen MR) is 58.7 cm³/mol. The van der Waals surface area contributed by atoms with E-state index >= 15 is 0 Å². The Bertz CT molecular complexity index is 376. The highest BCUT2D eigenvalue weighted by Gasteiger charge is 2.43. The summed E-state index contributed by atoms with van der Waals surface area (Å²) in [6, 6.07) is 3.46. The van der Waals surface area contributed by atoms with Gasteiger partial charge in [0.1, 0.15) is 24.4 Å². The van der Waals surface area contributed by atoms with Crippen molar-refractivity contribution in [2.24, 2.45) is 0 Å². The number of hydrogen-bond acceptors (Lipinski definition) is 5. The summed E-state index contributed by atoms with van der Waals surface area (Å²) in [5, 5.41) is 28.3. The Morgan fingerprint density at radius 1 is 1.38 bits per heavy atom. The number of nitrogens with zero attached hydrogens (tertiary/aromatic N) is 1. The van der Waals surface area contributed by atoms with Gasteiger partial charge in [-0.3, -0.25) is 4.98 Å². The van der Waals surface area contributed by atoms with Gasteiger partial charge in [-0.1, -0.05) is 15.9 Å². The summed E-state index contributed by atoms with van der Waals surface area (Å²) in [5.74, 6) is 0. The van der Waals surface area contributed by atoms with E-state index in [0.717, 1.165) is 4.47 Å². The van der Waals surface area contributed by atoms with Gasteiger partial charge in [0.15, 0.2) is 0 Å². The van der Waals surface area contributed by atoms with Crippen LogP contribution in [0.3, 0.4) is 0 Å². The molecule has 3 N–H and O–H groups in total. The second-order valence-electron chi connectivity index (χ2n) is 3.66. The fourth-order valence-corrected chi connectivity index (χ4v) is 2.07. The third-order valence-corrected chi connectivity index (χ3v) is 3.07. The summed E-state index contributed by atoms with van der Waals surface area (Å²) in [4.78, 5) is 4.07. The zero-order valence-corrected chi connectivity index (χ0v) is 9.91. The Labute approximate surface area is 101 Å². The molecule has 1 aromatic heterocycles. The third kappa shape index (κ3) is 2.11. The van der Waals surface area contributed by atoms with Crippen molar-refractivity contribution in [1.82, 2.24) is 4.98 Å². The minimum absolute atomic E-state index is 0.331. The molecule has 2 rings (SSSR count). The summed E-state index contributed by atoms with van der Waals surface area (Å²) in [6.45, 7) is -0.331. The second-order valence-corrected chi connectivity index (χ2v) is 4.57. The smallest absolute Gasteiger partial charge is 0.128 e. The lowest BCUT2D eigenvalue weighted by molar-refractivity contribution is -0.0239. The fourth-order valence-electron chi connectivity index (χ4n) is 1.72. The van der Waals surface area contributed by atoms with Crippen LogP contribution in [0.4, 0.5) is 0 Å². The Balaban J connectivity index is 2.23. The number of aliphatic hydroxyl groups excluding tert-OH is 3. The van der Waals surface area contributed by atoms with E-state index in [1.54, 1.807) is 18.3 Å². The zero-order valence-electron chi connectivity index (χ0n) is 8.32. The van der Waals surface area contributed by atoms with Crippen LogP contribution < -0.4 is 0 Å². The van der Waals surface area contributed by atoms with Crippen molar-refractivity contribution in [1.29, 1.82) is 0 Å². The van der Waals surface area contributed by atoms with Gasteiger partial charge in [0, 0.05) is 10.7 Å². The molecule has 0 aromatic carbocycles. The normalized spacial score (nSPS) is 34.2. The van der Waals surface area contributed by atoms with Gasteiger partial charge in [-0.2, -0.15) is 0 Å². The van der Waals surface area contributed by atoms with Crippen LogP contribution in [-0.2, 0) is 4.74 Å². The van der Waals surface area contributed by atoms with E-state index in [9.17, 15) is 10.2 Å². The molecule has 0 amide bonds. The zero-order chi connectivity index (χ0) is 11.7. The van der Waals surface area contributed by atoms with Crippen LogP contribution in [0, 0.1) is 0 Å². The van der Waals surface area contributed by atoms with E-state index in [2.05, 4.69) is 20.9 Å². The van der Waals surface area contributed by atoms with Gasteiger partial charge < -0.3 is 20.1 Å². The van der Waals surface area contributed by atoms with E-state index in [0.29, 0.717) is 5.69 Å². The molecule has 1 aliphatic rings. The van der Waals surface area contributed by atoms with E-state index in [4.69, 9.17) is 9.84 Å².